The average Bonchev–Trinajstić information content (AvgIpc) is 3.29. The largest absolute Gasteiger partial charge is 0.394 e. The van der Waals surface area contributed by atoms with Crippen LogP contribution >= 0.6 is 0 Å². The van der Waals surface area contributed by atoms with E-state index < -0.39 is 74.6 Å². The van der Waals surface area contributed by atoms with Crippen LogP contribution in [0.5, 0.6) is 0 Å². The summed E-state index contributed by atoms with van der Waals surface area (Å²) in [6, 6.07) is 0. The standard InChI is InChI=1S/C12H20O10/c13-1-3-5(15)6(16)7(17)11(19-3)21-9-4(2-14)20-12-10(22-12)8(9)18/h3-18H,1-2H2/t3-,4-,5-,6+,7-,8+,9-,10-,11+,12+/m1/s1. The predicted octanol–water partition coefficient (Wildman–Crippen LogP) is -4.35. The summed E-state index contributed by atoms with van der Waals surface area (Å²) in [7, 11) is 0. The number of aliphatic hydroxyl groups excluding tert-OH is 6. The fraction of sp³-hybridized carbons (Fsp3) is 1.00. The maximum absolute atomic E-state index is 10.1. The zero-order valence-corrected chi connectivity index (χ0v) is 11.5. The number of hydrogen-bond donors (Lipinski definition) is 6. The topological polar surface area (TPSA) is 162 Å². The number of fused-ring (bicyclic) bond motifs is 1. The molecule has 10 heteroatoms. The van der Waals surface area contributed by atoms with Crippen molar-refractivity contribution < 1.29 is 49.6 Å². The maximum atomic E-state index is 10.1. The van der Waals surface area contributed by atoms with Gasteiger partial charge in [0.1, 0.15) is 48.8 Å². The summed E-state index contributed by atoms with van der Waals surface area (Å²) in [6.45, 7) is -1.04. The van der Waals surface area contributed by atoms with Gasteiger partial charge in [0, 0.05) is 0 Å². The summed E-state index contributed by atoms with van der Waals surface area (Å²) in [6.07, 6.45) is -11.5. The fourth-order valence-electron chi connectivity index (χ4n) is 2.77. The van der Waals surface area contributed by atoms with E-state index in [1.807, 2.05) is 0 Å². The Morgan fingerprint density at radius 2 is 1.41 bits per heavy atom. The monoisotopic (exact) mass is 324 g/mol. The first kappa shape index (κ1) is 16.5. The Bertz CT molecular complexity index is 392. The van der Waals surface area contributed by atoms with Crippen LogP contribution < -0.4 is 0 Å². The Hall–Kier alpha value is -0.400. The second kappa shape index (κ2) is 6.24. The second-order valence-corrected chi connectivity index (χ2v) is 5.61. The van der Waals surface area contributed by atoms with E-state index >= 15 is 0 Å². The maximum Gasteiger partial charge on any atom is 0.187 e. The molecule has 0 bridgehead atoms. The molecule has 3 heterocycles. The Labute approximate surface area is 125 Å². The minimum absolute atomic E-state index is 0.453. The number of ether oxygens (including phenoxy) is 4. The van der Waals surface area contributed by atoms with Crippen molar-refractivity contribution in [3.8, 4) is 0 Å². The molecule has 128 valence electrons. The summed E-state index contributed by atoms with van der Waals surface area (Å²) >= 11 is 0. The lowest BCUT2D eigenvalue weighted by Crippen LogP contribution is -2.62. The van der Waals surface area contributed by atoms with Gasteiger partial charge in [-0.2, -0.15) is 0 Å². The lowest BCUT2D eigenvalue weighted by molar-refractivity contribution is -0.329. The third-order valence-corrected chi connectivity index (χ3v) is 4.15. The number of rotatable bonds is 4. The van der Waals surface area contributed by atoms with Crippen molar-refractivity contribution in [1.82, 2.24) is 0 Å². The van der Waals surface area contributed by atoms with Crippen LogP contribution in [0, 0.1) is 0 Å². The third-order valence-electron chi connectivity index (χ3n) is 4.15. The molecule has 10 nitrogen and oxygen atoms in total. The molecule has 3 rings (SSSR count). The van der Waals surface area contributed by atoms with Crippen LogP contribution in [0.4, 0.5) is 0 Å². The highest BCUT2D eigenvalue weighted by molar-refractivity contribution is 4.99. The molecule has 6 N–H and O–H groups in total. The lowest BCUT2D eigenvalue weighted by atomic mass is 9.98. The molecule has 22 heavy (non-hydrogen) atoms. The van der Waals surface area contributed by atoms with Crippen LogP contribution in [-0.4, -0.2) is 105 Å². The lowest BCUT2D eigenvalue weighted by Gasteiger charge is -2.42. The van der Waals surface area contributed by atoms with Crippen LogP contribution in [-0.2, 0) is 18.9 Å². The number of hydrogen-bond acceptors (Lipinski definition) is 10. The molecule has 10 atom stereocenters. The summed E-state index contributed by atoms with van der Waals surface area (Å²) in [5.74, 6) is 0. The first-order valence-corrected chi connectivity index (χ1v) is 7.03. The van der Waals surface area contributed by atoms with Crippen LogP contribution in [0.2, 0.25) is 0 Å². The Morgan fingerprint density at radius 1 is 0.727 bits per heavy atom. The van der Waals surface area contributed by atoms with E-state index in [2.05, 4.69) is 0 Å². The molecular formula is C12H20O10. The summed E-state index contributed by atoms with van der Waals surface area (Å²) in [5, 5.41) is 57.8. The van der Waals surface area contributed by atoms with Gasteiger partial charge in [-0.05, 0) is 0 Å². The molecule has 0 aromatic heterocycles. The summed E-state index contributed by atoms with van der Waals surface area (Å²) < 4.78 is 21.0. The summed E-state index contributed by atoms with van der Waals surface area (Å²) in [5.41, 5.74) is 0. The van der Waals surface area contributed by atoms with E-state index in [0.717, 1.165) is 0 Å². The van der Waals surface area contributed by atoms with Crippen molar-refractivity contribution in [1.29, 1.82) is 0 Å². The molecule has 0 aromatic carbocycles. The van der Waals surface area contributed by atoms with Gasteiger partial charge in [0.2, 0.25) is 0 Å². The minimum atomic E-state index is -1.60. The Kier molecular flexibility index (Phi) is 4.67. The predicted molar refractivity (Wildman–Crippen MR) is 65.3 cm³/mol. The Balaban J connectivity index is 1.70. The van der Waals surface area contributed by atoms with E-state index in [-0.39, 0.29) is 0 Å². The zero-order valence-electron chi connectivity index (χ0n) is 11.5. The van der Waals surface area contributed by atoms with Crippen molar-refractivity contribution in [2.75, 3.05) is 13.2 Å². The molecule has 3 aliphatic heterocycles. The molecule has 3 aliphatic rings. The van der Waals surface area contributed by atoms with Gasteiger partial charge < -0.3 is 49.6 Å². The molecule has 0 aliphatic carbocycles. The van der Waals surface area contributed by atoms with Gasteiger partial charge in [-0.3, -0.25) is 0 Å². The van der Waals surface area contributed by atoms with Crippen LogP contribution in [0.25, 0.3) is 0 Å². The van der Waals surface area contributed by atoms with E-state index in [1.54, 1.807) is 0 Å². The molecule has 0 aromatic rings. The third kappa shape index (κ3) is 2.76. The van der Waals surface area contributed by atoms with Gasteiger partial charge in [-0.1, -0.05) is 0 Å². The van der Waals surface area contributed by atoms with Gasteiger partial charge >= 0.3 is 0 Å². The molecule has 3 saturated heterocycles. The fourth-order valence-corrected chi connectivity index (χ4v) is 2.77. The van der Waals surface area contributed by atoms with Crippen molar-refractivity contribution in [3.05, 3.63) is 0 Å². The van der Waals surface area contributed by atoms with E-state index in [1.165, 1.54) is 0 Å². The number of epoxide rings is 1. The first-order valence-electron chi connectivity index (χ1n) is 7.03. The van der Waals surface area contributed by atoms with Gasteiger partial charge in [-0.25, -0.2) is 0 Å². The van der Waals surface area contributed by atoms with Crippen molar-refractivity contribution in [2.24, 2.45) is 0 Å². The van der Waals surface area contributed by atoms with Gasteiger partial charge in [0.05, 0.1) is 13.2 Å². The normalized spacial score (nSPS) is 54.8. The second-order valence-electron chi connectivity index (χ2n) is 5.61. The SMILES string of the molecule is OC[C@H]1O[C@@H](O[C@H]2[C@H](O)[C@H]3O[C@@H]3O[C@@H]2CO)[C@H](O)[C@@H](O)[C@@H]1O. The quantitative estimate of drug-likeness (QED) is 0.279. The van der Waals surface area contributed by atoms with E-state index in [4.69, 9.17) is 24.1 Å². The molecule has 3 fully saturated rings. The van der Waals surface area contributed by atoms with Crippen molar-refractivity contribution >= 4 is 0 Å². The molecular weight excluding hydrogens is 304 g/mol. The minimum Gasteiger partial charge on any atom is -0.394 e. The van der Waals surface area contributed by atoms with Gasteiger partial charge in [0.25, 0.3) is 0 Å². The molecule has 0 saturated carbocycles. The highest BCUT2D eigenvalue weighted by Crippen LogP contribution is 2.38. The Morgan fingerprint density at radius 3 is 2.05 bits per heavy atom. The van der Waals surface area contributed by atoms with Gasteiger partial charge in [0.15, 0.2) is 12.6 Å². The van der Waals surface area contributed by atoms with Crippen LogP contribution in [0.1, 0.15) is 0 Å². The van der Waals surface area contributed by atoms with Crippen molar-refractivity contribution in [3.63, 3.8) is 0 Å². The van der Waals surface area contributed by atoms with Gasteiger partial charge in [-0.15, -0.1) is 0 Å². The first-order chi connectivity index (χ1) is 10.5. The highest BCUT2D eigenvalue weighted by atomic mass is 16.8. The van der Waals surface area contributed by atoms with Crippen molar-refractivity contribution in [2.45, 2.75) is 61.4 Å². The van der Waals surface area contributed by atoms with E-state index in [0.29, 0.717) is 0 Å². The molecule has 0 amide bonds. The average molecular weight is 324 g/mol. The summed E-state index contributed by atoms with van der Waals surface area (Å²) in [4.78, 5) is 0. The van der Waals surface area contributed by atoms with E-state index in [9.17, 15) is 25.5 Å². The molecule has 0 radical (unpaired) electrons. The van der Waals surface area contributed by atoms with Crippen LogP contribution in [0.15, 0.2) is 0 Å². The molecule has 0 spiro atoms. The van der Waals surface area contributed by atoms with Crippen LogP contribution in [0.3, 0.4) is 0 Å². The number of aliphatic hydroxyl groups is 6. The molecule has 0 unspecified atom stereocenters. The highest BCUT2D eigenvalue weighted by Gasteiger charge is 2.58. The zero-order chi connectivity index (χ0) is 16.0. The smallest absolute Gasteiger partial charge is 0.187 e.